The highest BCUT2D eigenvalue weighted by atomic mass is 35.5. The Morgan fingerprint density at radius 1 is 1.00 bits per heavy atom. The number of halogens is 2. The molecule has 0 saturated carbocycles. The van der Waals surface area contributed by atoms with Gasteiger partial charge in [0, 0.05) is 5.56 Å². The molecule has 0 fully saturated rings. The van der Waals surface area contributed by atoms with Crippen molar-refractivity contribution in [2.75, 3.05) is 25.0 Å². The Bertz CT molecular complexity index is 426. The van der Waals surface area contributed by atoms with Crippen molar-refractivity contribution < 1.29 is 19.7 Å². The maximum absolute atomic E-state index is 9.54. The molecule has 0 unspecified atom stereocenters. The van der Waals surface area contributed by atoms with Crippen LogP contribution in [-0.2, 0) is 0 Å². The van der Waals surface area contributed by atoms with Gasteiger partial charge in [-0.15, -0.1) is 23.2 Å². The molecule has 0 aliphatic heterocycles. The maximum atomic E-state index is 9.54. The summed E-state index contributed by atoms with van der Waals surface area (Å²) in [5.41, 5.74) is 0.967. The topological polar surface area (TPSA) is 58.9 Å². The summed E-state index contributed by atoms with van der Waals surface area (Å²) in [6.07, 6.45) is -1.48. The molecule has 0 aliphatic rings. The van der Waals surface area contributed by atoms with Crippen molar-refractivity contribution in [2.24, 2.45) is 0 Å². The largest absolute Gasteiger partial charge is 0.487 e. The number of alkyl halides is 2. The monoisotopic (exact) mass is 336 g/mol. The zero-order chi connectivity index (χ0) is 15.8. The van der Waals surface area contributed by atoms with Crippen molar-refractivity contribution in [2.45, 2.75) is 32.0 Å². The Morgan fingerprint density at radius 3 is 2.10 bits per heavy atom. The summed E-state index contributed by atoms with van der Waals surface area (Å²) >= 11 is 11.1. The fourth-order valence-corrected chi connectivity index (χ4v) is 1.89. The van der Waals surface area contributed by atoms with Gasteiger partial charge in [0.2, 0.25) is 0 Å². The molecular weight excluding hydrogens is 315 g/mol. The molecular formula is C15H22Cl2O4. The Kier molecular flexibility index (Phi) is 8.19. The van der Waals surface area contributed by atoms with Crippen LogP contribution in [0, 0.1) is 0 Å². The van der Waals surface area contributed by atoms with E-state index in [1.54, 1.807) is 6.07 Å². The number of aliphatic hydroxyl groups is 2. The van der Waals surface area contributed by atoms with E-state index in [9.17, 15) is 10.2 Å². The molecule has 21 heavy (non-hydrogen) atoms. The molecule has 0 heterocycles. The summed E-state index contributed by atoms with van der Waals surface area (Å²) in [5, 5.41) is 19.0. The molecule has 6 heteroatoms. The minimum absolute atomic E-state index is 0.0828. The number of rotatable bonds is 9. The second-order valence-electron chi connectivity index (χ2n) is 5.07. The first-order valence-electron chi connectivity index (χ1n) is 6.86. The second-order valence-corrected chi connectivity index (χ2v) is 5.68. The van der Waals surface area contributed by atoms with Gasteiger partial charge in [-0.2, -0.15) is 0 Å². The first-order valence-corrected chi connectivity index (χ1v) is 7.93. The van der Waals surface area contributed by atoms with E-state index in [1.807, 2.05) is 26.0 Å². The standard InChI is InChI=1S/C15H22Cl2O4/c1-10(2)13-4-3-5-14(20-8-11(18)6-16)15(13)21-9-12(19)7-17/h3-5,10-12,18-19H,6-9H2,1-2H3/t11-,12-/m1/s1. The van der Waals surface area contributed by atoms with Crippen LogP contribution in [0.15, 0.2) is 18.2 Å². The average Bonchev–Trinajstić information content (AvgIpc) is 2.49. The van der Waals surface area contributed by atoms with Gasteiger partial charge in [0.25, 0.3) is 0 Å². The lowest BCUT2D eigenvalue weighted by Crippen LogP contribution is -2.21. The quantitative estimate of drug-likeness (QED) is 0.681. The fraction of sp³-hybridized carbons (Fsp3) is 0.600. The van der Waals surface area contributed by atoms with E-state index >= 15 is 0 Å². The van der Waals surface area contributed by atoms with Crippen LogP contribution >= 0.6 is 23.2 Å². The van der Waals surface area contributed by atoms with Crippen molar-refractivity contribution >= 4 is 23.2 Å². The van der Waals surface area contributed by atoms with Crippen LogP contribution < -0.4 is 9.47 Å². The summed E-state index contributed by atoms with van der Waals surface area (Å²) in [5.74, 6) is 1.52. The predicted octanol–water partition coefficient (Wildman–Crippen LogP) is 2.77. The molecule has 120 valence electrons. The van der Waals surface area contributed by atoms with Crippen LogP contribution in [0.2, 0.25) is 0 Å². The van der Waals surface area contributed by atoms with Crippen molar-refractivity contribution in [3.8, 4) is 11.5 Å². The molecule has 2 N–H and O–H groups in total. The van der Waals surface area contributed by atoms with Gasteiger partial charge in [-0.3, -0.25) is 0 Å². The van der Waals surface area contributed by atoms with Gasteiger partial charge in [-0.25, -0.2) is 0 Å². The summed E-state index contributed by atoms with van der Waals surface area (Å²) in [7, 11) is 0. The van der Waals surface area contributed by atoms with E-state index in [4.69, 9.17) is 32.7 Å². The van der Waals surface area contributed by atoms with E-state index in [-0.39, 0.29) is 30.9 Å². The molecule has 1 rings (SSSR count). The first kappa shape index (κ1) is 18.4. The molecule has 0 amide bonds. The predicted molar refractivity (Wildman–Crippen MR) is 85.0 cm³/mol. The van der Waals surface area contributed by atoms with Gasteiger partial charge < -0.3 is 19.7 Å². The lowest BCUT2D eigenvalue weighted by atomic mass is 10.0. The molecule has 0 bridgehead atoms. The fourth-order valence-electron chi connectivity index (χ4n) is 1.71. The number of aliphatic hydroxyl groups excluding tert-OH is 2. The second kappa shape index (κ2) is 9.36. The molecule has 0 aliphatic carbocycles. The third-order valence-corrected chi connectivity index (χ3v) is 3.55. The zero-order valence-electron chi connectivity index (χ0n) is 12.3. The highest BCUT2D eigenvalue weighted by Crippen LogP contribution is 2.36. The van der Waals surface area contributed by atoms with Gasteiger partial charge in [0.15, 0.2) is 11.5 Å². The smallest absolute Gasteiger partial charge is 0.164 e. The lowest BCUT2D eigenvalue weighted by Gasteiger charge is -2.20. The van der Waals surface area contributed by atoms with Crippen LogP contribution in [0.4, 0.5) is 0 Å². The van der Waals surface area contributed by atoms with Crippen LogP contribution in [0.1, 0.15) is 25.3 Å². The van der Waals surface area contributed by atoms with Crippen molar-refractivity contribution in [1.82, 2.24) is 0 Å². The minimum atomic E-state index is -0.742. The minimum Gasteiger partial charge on any atom is -0.487 e. The summed E-state index contributed by atoms with van der Waals surface area (Å²) in [4.78, 5) is 0. The van der Waals surface area contributed by atoms with Crippen LogP contribution in [0.5, 0.6) is 11.5 Å². The number of hydrogen-bond donors (Lipinski definition) is 2. The molecule has 0 spiro atoms. The molecule has 2 atom stereocenters. The van der Waals surface area contributed by atoms with E-state index in [1.165, 1.54) is 0 Å². The number of ether oxygens (including phenoxy) is 2. The highest BCUT2D eigenvalue weighted by molar-refractivity contribution is 6.18. The van der Waals surface area contributed by atoms with Crippen molar-refractivity contribution in [1.29, 1.82) is 0 Å². The molecule has 4 nitrogen and oxygen atoms in total. The maximum Gasteiger partial charge on any atom is 0.164 e. The zero-order valence-corrected chi connectivity index (χ0v) is 13.8. The summed E-state index contributed by atoms with van der Waals surface area (Å²) < 4.78 is 11.2. The summed E-state index contributed by atoms with van der Waals surface area (Å²) in [6, 6.07) is 5.57. The van der Waals surface area contributed by atoms with Crippen molar-refractivity contribution in [3.05, 3.63) is 23.8 Å². The van der Waals surface area contributed by atoms with E-state index in [0.717, 1.165) is 5.56 Å². The van der Waals surface area contributed by atoms with E-state index in [2.05, 4.69) is 0 Å². The summed E-state index contributed by atoms with van der Waals surface area (Å²) in [6.45, 7) is 4.25. The Hall–Kier alpha value is -0.680. The van der Waals surface area contributed by atoms with Gasteiger partial charge >= 0.3 is 0 Å². The lowest BCUT2D eigenvalue weighted by molar-refractivity contribution is 0.109. The normalized spacial score (nSPS) is 14.0. The third-order valence-electron chi connectivity index (χ3n) is 2.84. The van der Waals surface area contributed by atoms with Crippen LogP contribution in [0.25, 0.3) is 0 Å². The highest BCUT2D eigenvalue weighted by Gasteiger charge is 2.16. The Morgan fingerprint density at radius 2 is 1.57 bits per heavy atom. The molecule has 1 aromatic rings. The average molecular weight is 337 g/mol. The van der Waals surface area contributed by atoms with Crippen molar-refractivity contribution in [3.63, 3.8) is 0 Å². The van der Waals surface area contributed by atoms with Crippen LogP contribution in [0.3, 0.4) is 0 Å². The Balaban J connectivity index is 2.91. The number of para-hydroxylation sites is 1. The van der Waals surface area contributed by atoms with E-state index in [0.29, 0.717) is 11.5 Å². The third kappa shape index (κ3) is 5.91. The Labute approximate surface area is 135 Å². The molecule has 0 saturated heterocycles. The number of benzene rings is 1. The van der Waals surface area contributed by atoms with Gasteiger partial charge in [0.05, 0.1) is 11.8 Å². The van der Waals surface area contributed by atoms with Gasteiger partial charge in [0.1, 0.15) is 25.4 Å². The SMILES string of the molecule is CC(C)c1cccc(OC[C@H](O)CCl)c1OC[C@H](O)CCl. The number of hydrogen-bond acceptors (Lipinski definition) is 4. The molecule has 1 aromatic carbocycles. The van der Waals surface area contributed by atoms with Gasteiger partial charge in [-0.05, 0) is 12.0 Å². The van der Waals surface area contributed by atoms with E-state index < -0.39 is 12.2 Å². The van der Waals surface area contributed by atoms with Gasteiger partial charge in [-0.1, -0.05) is 26.0 Å². The first-order chi connectivity index (χ1) is 9.99. The molecule has 0 aromatic heterocycles. The molecule has 0 radical (unpaired) electrons. The van der Waals surface area contributed by atoms with Crippen LogP contribution in [-0.4, -0.2) is 47.4 Å².